The number of nitrogens with zero attached hydrogens (tertiary/aromatic N) is 1. The lowest BCUT2D eigenvalue weighted by atomic mass is 9.84. The first-order chi connectivity index (χ1) is 10.8. The van der Waals surface area contributed by atoms with Crippen LogP contribution in [0.3, 0.4) is 0 Å². The average Bonchev–Trinajstić information content (AvgIpc) is 2.76. The number of aromatic nitrogens is 1. The Morgan fingerprint density at radius 2 is 1.92 bits per heavy atom. The molecule has 0 saturated heterocycles. The van der Waals surface area contributed by atoms with Crippen LogP contribution in [0.4, 0.5) is 13.2 Å². The second-order valence-electron chi connectivity index (χ2n) is 6.49. The van der Waals surface area contributed by atoms with Gasteiger partial charge in [-0.2, -0.15) is 13.2 Å². The molecule has 1 heterocycles. The Hall–Kier alpha value is -2.06. The van der Waals surface area contributed by atoms with E-state index in [9.17, 15) is 27.9 Å². The Morgan fingerprint density at radius 3 is 2.29 bits per heavy atom. The number of ether oxygens (including phenoxy) is 1. The van der Waals surface area contributed by atoms with Crippen molar-refractivity contribution in [2.45, 2.75) is 58.2 Å². The number of alkyl halides is 3. The van der Waals surface area contributed by atoms with Crippen LogP contribution in [0, 0.1) is 12.8 Å². The van der Waals surface area contributed by atoms with Gasteiger partial charge in [0, 0.05) is 12.0 Å². The van der Waals surface area contributed by atoms with Crippen molar-refractivity contribution in [1.82, 2.24) is 5.16 Å². The van der Waals surface area contributed by atoms with E-state index in [1.165, 1.54) is 13.2 Å². The number of aliphatic carboxylic acids is 1. The summed E-state index contributed by atoms with van der Waals surface area (Å²) in [6.07, 6.45) is -5.45. The molecule has 0 spiro atoms. The number of carboxylic acid groups (broad SMARTS) is 1. The SMILES string of the molecule is Cc1conc1C(C(=O)OC(C)(C)C)C(CCC(F)(F)F)C(=O)O. The first kappa shape index (κ1) is 20.0. The molecule has 1 aromatic heterocycles. The van der Waals surface area contributed by atoms with Crippen LogP contribution in [0.2, 0.25) is 0 Å². The molecule has 0 radical (unpaired) electrons. The standard InChI is InChI=1S/C15H20F3NO5/c1-8-7-23-19-11(8)10(13(22)24-14(2,3)4)9(12(20)21)5-6-15(16,17)18/h7,9-10H,5-6H2,1-4H3,(H,20,21). The Kier molecular flexibility index (Phi) is 6.02. The maximum absolute atomic E-state index is 12.5. The monoisotopic (exact) mass is 351 g/mol. The Balaban J connectivity index is 3.20. The molecule has 9 heteroatoms. The van der Waals surface area contributed by atoms with Crippen LogP contribution in [-0.4, -0.2) is 34.0 Å². The molecule has 1 aromatic rings. The van der Waals surface area contributed by atoms with Gasteiger partial charge in [-0.05, 0) is 34.1 Å². The number of carbonyl (C=O) groups is 2. The highest BCUT2D eigenvalue weighted by molar-refractivity contribution is 5.85. The molecule has 24 heavy (non-hydrogen) atoms. The van der Waals surface area contributed by atoms with Gasteiger partial charge in [0.1, 0.15) is 23.5 Å². The van der Waals surface area contributed by atoms with Crippen LogP contribution >= 0.6 is 0 Å². The van der Waals surface area contributed by atoms with E-state index in [1.807, 2.05) is 0 Å². The Morgan fingerprint density at radius 1 is 1.33 bits per heavy atom. The van der Waals surface area contributed by atoms with E-state index >= 15 is 0 Å². The minimum atomic E-state index is -4.54. The van der Waals surface area contributed by atoms with Gasteiger partial charge < -0.3 is 14.4 Å². The van der Waals surface area contributed by atoms with Gasteiger partial charge in [-0.3, -0.25) is 9.59 Å². The van der Waals surface area contributed by atoms with Crippen molar-refractivity contribution in [3.63, 3.8) is 0 Å². The van der Waals surface area contributed by atoms with Crippen LogP contribution < -0.4 is 0 Å². The molecule has 1 rings (SSSR count). The number of esters is 1. The summed E-state index contributed by atoms with van der Waals surface area (Å²) in [5, 5.41) is 12.9. The maximum atomic E-state index is 12.5. The normalized spacial score (nSPS) is 15.0. The van der Waals surface area contributed by atoms with Crippen LogP contribution in [-0.2, 0) is 14.3 Å². The highest BCUT2D eigenvalue weighted by atomic mass is 19.4. The Labute approximate surface area is 137 Å². The molecule has 0 fully saturated rings. The van der Waals surface area contributed by atoms with Crippen molar-refractivity contribution in [3.8, 4) is 0 Å². The summed E-state index contributed by atoms with van der Waals surface area (Å²) in [4.78, 5) is 23.9. The molecular weight excluding hydrogens is 331 g/mol. The van der Waals surface area contributed by atoms with Crippen molar-refractivity contribution in [2.75, 3.05) is 0 Å². The van der Waals surface area contributed by atoms with Gasteiger partial charge in [0.2, 0.25) is 0 Å². The number of aryl methyl sites for hydroxylation is 1. The lowest BCUT2D eigenvalue weighted by Crippen LogP contribution is -2.35. The van der Waals surface area contributed by atoms with Crippen molar-refractivity contribution in [1.29, 1.82) is 0 Å². The van der Waals surface area contributed by atoms with Crippen LogP contribution in [0.1, 0.15) is 50.8 Å². The molecule has 0 aromatic carbocycles. The predicted molar refractivity (Wildman–Crippen MR) is 76.2 cm³/mol. The lowest BCUT2D eigenvalue weighted by molar-refractivity contribution is -0.165. The highest BCUT2D eigenvalue weighted by Gasteiger charge is 2.42. The molecule has 0 amide bonds. The zero-order valence-corrected chi connectivity index (χ0v) is 13.8. The third-order valence-electron chi connectivity index (χ3n) is 3.20. The fourth-order valence-electron chi connectivity index (χ4n) is 2.18. The summed E-state index contributed by atoms with van der Waals surface area (Å²) >= 11 is 0. The summed E-state index contributed by atoms with van der Waals surface area (Å²) < 4.78 is 47.4. The zero-order valence-electron chi connectivity index (χ0n) is 13.8. The first-order valence-corrected chi connectivity index (χ1v) is 7.25. The van der Waals surface area contributed by atoms with Crippen LogP contribution in [0.25, 0.3) is 0 Å². The molecule has 2 atom stereocenters. The van der Waals surface area contributed by atoms with Gasteiger partial charge in [0.15, 0.2) is 0 Å². The number of carbonyl (C=O) groups excluding carboxylic acids is 1. The van der Waals surface area contributed by atoms with Gasteiger partial charge in [-0.25, -0.2) is 0 Å². The van der Waals surface area contributed by atoms with Crippen molar-refractivity contribution < 1.29 is 37.1 Å². The van der Waals surface area contributed by atoms with Gasteiger partial charge >= 0.3 is 18.1 Å². The summed E-state index contributed by atoms with van der Waals surface area (Å²) in [5.74, 6) is -5.60. The number of rotatable bonds is 6. The van der Waals surface area contributed by atoms with Gasteiger partial charge in [-0.15, -0.1) is 0 Å². The fraction of sp³-hybridized carbons (Fsp3) is 0.667. The molecule has 136 valence electrons. The summed E-state index contributed by atoms with van der Waals surface area (Å²) in [6.45, 7) is 6.24. The van der Waals surface area contributed by atoms with E-state index in [0.717, 1.165) is 0 Å². The van der Waals surface area contributed by atoms with Gasteiger partial charge in [-0.1, -0.05) is 5.16 Å². The molecule has 2 unspecified atom stereocenters. The second-order valence-corrected chi connectivity index (χ2v) is 6.49. The highest BCUT2D eigenvalue weighted by Crippen LogP contribution is 2.35. The average molecular weight is 351 g/mol. The topological polar surface area (TPSA) is 89.6 Å². The van der Waals surface area contributed by atoms with E-state index in [-0.39, 0.29) is 5.69 Å². The van der Waals surface area contributed by atoms with E-state index < -0.39 is 48.4 Å². The quantitative estimate of drug-likeness (QED) is 0.790. The number of halogens is 3. The Bertz CT molecular complexity index is 589. The summed E-state index contributed by atoms with van der Waals surface area (Å²) in [5.41, 5.74) is -0.594. The van der Waals surface area contributed by atoms with Gasteiger partial charge in [0.05, 0.1) is 5.92 Å². The molecule has 6 nitrogen and oxygen atoms in total. The van der Waals surface area contributed by atoms with Crippen molar-refractivity contribution in [3.05, 3.63) is 17.5 Å². The largest absolute Gasteiger partial charge is 0.481 e. The third kappa shape index (κ3) is 5.86. The maximum Gasteiger partial charge on any atom is 0.389 e. The van der Waals surface area contributed by atoms with Crippen LogP contribution in [0.15, 0.2) is 10.8 Å². The molecule has 0 aliphatic rings. The second kappa shape index (κ2) is 7.23. The smallest absolute Gasteiger partial charge is 0.389 e. The fourth-order valence-corrected chi connectivity index (χ4v) is 2.18. The number of hydrogen-bond acceptors (Lipinski definition) is 5. The van der Waals surface area contributed by atoms with Crippen molar-refractivity contribution in [2.24, 2.45) is 5.92 Å². The number of hydrogen-bond donors (Lipinski definition) is 1. The van der Waals surface area contributed by atoms with Crippen LogP contribution in [0.5, 0.6) is 0 Å². The molecule has 0 saturated carbocycles. The minimum Gasteiger partial charge on any atom is -0.481 e. The molecular formula is C15H20F3NO5. The van der Waals surface area contributed by atoms with E-state index in [2.05, 4.69) is 5.16 Å². The number of carboxylic acids is 1. The predicted octanol–water partition coefficient (Wildman–Crippen LogP) is 3.45. The van der Waals surface area contributed by atoms with E-state index in [4.69, 9.17) is 9.26 Å². The van der Waals surface area contributed by atoms with E-state index in [0.29, 0.717) is 5.56 Å². The molecule has 0 bridgehead atoms. The molecule has 0 aliphatic heterocycles. The molecule has 1 N–H and O–H groups in total. The third-order valence-corrected chi connectivity index (χ3v) is 3.20. The zero-order chi connectivity index (χ0) is 18.7. The van der Waals surface area contributed by atoms with Gasteiger partial charge in [0.25, 0.3) is 0 Å². The van der Waals surface area contributed by atoms with E-state index in [1.54, 1.807) is 20.8 Å². The lowest BCUT2D eigenvalue weighted by Gasteiger charge is -2.26. The summed E-state index contributed by atoms with van der Waals surface area (Å²) in [6, 6.07) is 0. The van der Waals surface area contributed by atoms with Crippen molar-refractivity contribution >= 4 is 11.9 Å². The minimum absolute atomic E-state index is 0.0289. The molecule has 0 aliphatic carbocycles. The first-order valence-electron chi connectivity index (χ1n) is 7.25. The summed E-state index contributed by atoms with van der Waals surface area (Å²) in [7, 11) is 0.